The van der Waals surface area contributed by atoms with E-state index in [0.717, 1.165) is 29.4 Å². The Hall–Kier alpha value is -1.25. The predicted octanol–water partition coefficient (Wildman–Crippen LogP) is -22.2. The summed E-state index contributed by atoms with van der Waals surface area (Å²) in [5, 5.41) is 125. The first-order valence-electron chi connectivity index (χ1n) is 16.3. The molecule has 0 saturated heterocycles. The Labute approximate surface area is 492 Å². The minimum atomic E-state index is -1.53. The summed E-state index contributed by atoms with van der Waals surface area (Å²) in [6.07, 6.45) is 0. The van der Waals surface area contributed by atoms with E-state index in [-0.39, 0.29) is 201 Å². The number of carboxylic acids is 12. The Kier molecular flexibility index (Phi) is 54.8. The third kappa shape index (κ3) is 56.9. The van der Waals surface area contributed by atoms with Crippen LogP contribution in [-0.4, -0.2) is 219 Å². The molecule has 0 aliphatic rings. The Morgan fingerprint density at radius 1 is 0.188 bits per heavy atom. The zero-order chi connectivity index (χ0) is 47.1. The van der Waals surface area contributed by atoms with Crippen LogP contribution in [0.25, 0.3) is 0 Å². The van der Waals surface area contributed by atoms with Gasteiger partial charge in [0.1, 0.15) is 0 Å². The number of nitrogens with zero attached hydrogens (tertiary/aromatic N) is 6. The second-order valence-electron chi connectivity index (χ2n) is 11.7. The summed E-state index contributed by atoms with van der Waals surface area (Å²) in [5.74, 6) is -18.4. The van der Waals surface area contributed by atoms with Gasteiger partial charge in [0.15, 0.2) is 0 Å². The molecule has 0 amide bonds. The van der Waals surface area contributed by atoms with Crippen molar-refractivity contribution >= 4 is 71.6 Å². The first kappa shape index (κ1) is 77.0. The summed E-state index contributed by atoms with van der Waals surface area (Å²) in [6, 6.07) is 0. The van der Waals surface area contributed by atoms with Gasteiger partial charge in [0.05, 0.1) is 71.6 Å². The van der Waals surface area contributed by atoms with Gasteiger partial charge in [-0.2, -0.15) is 0 Å². The molecule has 0 aliphatic heterocycles. The van der Waals surface area contributed by atoms with Gasteiger partial charge in [0.25, 0.3) is 0 Å². The van der Waals surface area contributed by atoms with E-state index in [1.807, 2.05) is 0 Å². The van der Waals surface area contributed by atoms with Crippen LogP contribution in [-0.2, 0) is 57.5 Å². The Morgan fingerprint density at radius 2 is 0.250 bits per heavy atom. The average Bonchev–Trinajstić information content (AvgIpc) is 3.02. The molecule has 0 aromatic carbocycles. The normalized spacial score (nSPS) is 10.0. The number of rotatable bonds is 33. The molecule has 34 heteroatoms. The van der Waals surface area contributed by atoms with E-state index in [0.29, 0.717) is 0 Å². The topological polar surface area (TPSA) is 501 Å². The second-order valence-corrected chi connectivity index (χ2v) is 11.7. The van der Waals surface area contributed by atoms with Crippen LogP contribution in [0, 0.1) is 162 Å². The van der Waals surface area contributed by atoms with E-state index >= 15 is 0 Å². The quantitative estimate of drug-likeness (QED) is 0.0589. The summed E-state index contributed by atoms with van der Waals surface area (Å²) in [5.41, 5.74) is 0. The van der Waals surface area contributed by atoms with Crippen LogP contribution in [0.5, 0.6) is 0 Å². The first-order chi connectivity index (χ1) is 27.6. The first-order valence-corrected chi connectivity index (χ1v) is 16.3. The van der Waals surface area contributed by atoms with Crippen molar-refractivity contribution in [3.05, 3.63) is 0 Å². The van der Waals surface area contributed by atoms with E-state index in [9.17, 15) is 119 Å². The third-order valence-corrected chi connectivity index (χ3v) is 6.43. The van der Waals surface area contributed by atoms with Gasteiger partial charge < -0.3 is 119 Å². The van der Waals surface area contributed by atoms with Crippen molar-refractivity contribution in [3.63, 3.8) is 0 Å². The van der Waals surface area contributed by atoms with E-state index < -0.39 is 150 Å². The zero-order valence-electron chi connectivity index (χ0n) is 32.8. The molecule has 30 nitrogen and oxygen atoms in total. The van der Waals surface area contributed by atoms with Crippen LogP contribution in [0.1, 0.15) is 0 Å². The Morgan fingerprint density at radius 3 is 0.297 bits per heavy atom. The van der Waals surface area contributed by atoms with Crippen LogP contribution in [0.4, 0.5) is 0 Å². The number of hydrogen-bond acceptors (Lipinski definition) is 30. The van der Waals surface area contributed by atoms with Crippen molar-refractivity contribution in [2.24, 2.45) is 0 Å². The van der Waals surface area contributed by atoms with Gasteiger partial charge in [-0.1, -0.05) is 0 Å². The molecule has 0 aromatic rings. The van der Waals surface area contributed by atoms with Crippen LogP contribution in [0.15, 0.2) is 0 Å². The van der Waals surface area contributed by atoms with Gasteiger partial charge in [-0.25, -0.2) is 0 Å². The molecule has 4 radical (unpaired) electrons. The van der Waals surface area contributed by atoms with E-state index in [1.165, 1.54) is 0 Å². The largest absolute Gasteiger partial charge is 3.00 e. The van der Waals surface area contributed by atoms with Gasteiger partial charge in [-0.05, 0) is 0 Å². The molecule has 0 rings (SSSR count). The SMILES string of the molecule is O=C([O-])CN(CCN(CC(=O)[O-])CC(=O)[O-])CC(=O)[O-].O=C([O-])CN(CCN(CC(=O)[O-])CC(=O)[O-])CC(=O)[O-].O=C([O-])CN(CCN(CC(=O)[O-])CC(=O)[O-])CC(=O)[O-].[Sm+3].[Sm+3].[Sm+3].[Sm+3]. The molecule has 0 unspecified atom stereocenters. The molecular weight excluding hydrogens is 1430 g/mol. The zero-order valence-corrected chi connectivity index (χ0v) is 43.3. The van der Waals surface area contributed by atoms with Crippen molar-refractivity contribution in [2.45, 2.75) is 0 Å². The van der Waals surface area contributed by atoms with Crippen molar-refractivity contribution < 1.29 is 280 Å². The smallest absolute Gasteiger partial charge is 0.549 e. The molecular formula is C30H36N6O24Sm4. The molecule has 0 bridgehead atoms. The minimum absolute atomic E-state index is 0. The van der Waals surface area contributed by atoms with Crippen molar-refractivity contribution in [1.82, 2.24) is 29.4 Å². The fourth-order valence-electron chi connectivity index (χ4n) is 4.32. The van der Waals surface area contributed by atoms with Gasteiger partial charge >= 0.3 is 162 Å². The fraction of sp³-hybridized carbons (Fsp3) is 0.600. The summed E-state index contributed by atoms with van der Waals surface area (Å²) < 4.78 is 0. The molecule has 354 valence electrons. The molecule has 0 fully saturated rings. The molecule has 0 aliphatic carbocycles. The number of carboxylic acid groups (broad SMARTS) is 12. The Balaban J connectivity index is -0.000000148. The Bertz CT molecular complexity index is 1140. The van der Waals surface area contributed by atoms with Crippen LogP contribution >= 0.6 is 0 Å². The second kappa shape index (κ2) is 45.5. The molecule has 0 spiro atoms. The van der Waals surface area contributed by atoms with Crippen LogP contribution < -0.4 is 61.3 Å². The monoisotopic (exact) mass is 1470 g/mol. The van der Waals surface area contributed by atoms with Gasteiger partial charge in [0.2, 0.25) is 0 Å². The summed E-state index contributed by atoms with van der Waals surface area (Å²) in [7, 11) is 0. The molecule has 0 aromatic heterocycles. The van der Waals surface area contributed by atoms with Crippen LogP contribution in [0.2, 0.25) is 0 Å². The standard InChI is InChI=1S/3C10H16N2O8.4Sm/c3*13-7(14)3-11(4-8(15)16)1-2-12(5-9(17)18)6-10(19)20;;;;/h3*1-6H2,(H,13,14)(H,15,16)(H,17,18)(H,19,20);;;;/q;;;4*+3/p-12. The summed E-state index contributed by atoms with van der Waals surface area (Å²) in [6.45, 7) is -9.75. The van der Waals surface area contributed by atoms with Gasteiger partial charge in [-0.15, -0.1) is 0 Å². The molecule has 0 N–H and O–H groups in total. The molecule has 0 heterocycles. The predicted molar refractivity (Wildman–Crippen MR) is 159 cm³/mol. The fourth-order valence-corrected chi connectivity index (χ4v) is 4.32. The van der Waals surface area contributed by atoms with Crippen LogP contribution in [0.3, 0.4) is 0 Å². The summed E-state index contributed by atoms with van der Waals surface area (Å²) in [4.78, 5) is 130. The van der Waals surface area contributed by atoms with E-state index in [1.54, 1.807) is 0 Å². The number of hydrogen-bond donors (Lipinski definition) is 0. The van der Waals surface area contributed by atoms with Crippen molar-refractivity contribution in [2.75, 3.05) is 118 Å². The summed E-state index contributed by atoms with van der Waals surface area (Å²) >= 11 is 0. The van der Waals surface area contributed by atoms with Crippen molar-refractivity contribution in [1.29, 1.82) is 0 Å². The maximum atomic E-state index is 10.4. The molecule has 64 heavy (non-hydrogen) atoms. The van der Waals surface area contributed by atoms with E-state index in [4.69, 9.17) is 0 Å². The minimum Gasteiger partial charge on any atom is -0.549 e. The molecule has 0 atom stereocenters. The van der Waals surface area contributed by atoms with E-state index in [2.05, 4.69) is 0 Å². The van der Waals surface area contributed by atoms with Gasteiger partial charge in [-0.3, -0.25) is 29.4 Å². The van der Waals surface area contributed by atoms with Crippen molar-refractivity contribution in [3.8, 4) is 0 Å². The number of aliphatic carboxylic acids is 12. The maximum absolute atomic E-state index is 10.4. The number of carbonyl (C=O) groups is 12. The third-order valence-electron chi connectivity index (χ3n) is 6.43. The average molecular weight is 1470 g/mol. The maximum Gasteiger partial charge on any atom is 3.00 e. The number of carbonyl (C=O) groups excluding carboxylic acids is 12. The molecule has 0 saturated carbocycles. The van der Waals surface area contributed by atoms with Gasteiger partial charge in [0, 0.05) is 118 Å².